The van der Waals surface area contributed by atoms with Crippen molar-refractivity contribution in [3.8, 4) is 0 Å². The Balaban J connectivity index is 2.44. The van der Waals surface area contributed by atoms with E-state index >= 15 is 0 Å². The van der Waals surface area contributed by atoms with Crippen LogP contribution >= 0.6 is 11.8 Å². The van der Waals surface area contributed by atoms with Crippen LogP contribution in [0.15, 0.2) is 0 Å². The molecule has 0 aromatic heterocycles. The number of rotatable bonds is 5. The topological polar surface area (TPSA) is 15.3 Å². The molecule has 3 atom stereocenters. The molecule has 1 fully saturated rings. The number of thioether (sulfide) groups is 1. The van der Waals surface area contributed by atoms with Crippen LogP contribution in [0, 0.1) is 5.92 Å². The van der Waals surface area contributed by atoms with Crippen molar-refractivity contribution in [3.05, 3.63) is 0 Å². The van der Waals surface area contributed by atoms with Gasteiger partial charge < -0.3 is 5.32 Å². The molecule has 1 rings (SSSR count). The molecule has 1 N–H and O–H groups in total. The summed E-state index contributed by atoms with van der Waals surface area (Å²) in [6, 6.07) is 1.52. The lowest BCUT2D eigenvalue weighted by atomic mass is 9.93. The molecular formula is C12H26N2S. The highest BCUT2D eigenvalue weighted by Crippen LogP contribution is 2.21. The zero-order chi connectivity index (χ0) is 11.3. The van der Waals surface area contributed by atoms with Crippen LogP contribution in [-0.2, 0) is 0 Å². The second kappa shape index (κ2) is 6.77. The standard InChI is InChI=1S/C12H26N2S/c1-5-11(9-15-4)14-7-6-12(13-3)10(2)8-14/h10-13H,5-9H2,1-4H3. The van der Waals surface area contributed by atoms with E-state index in [9.17, 15) is 0 Å². The lowest BCUT2D eigenvalue weighted by Crippen LogP contribution is -2.51. The molecule has 0 aromatic carbocycles. The molecule has 0 aliphatic carbocycles. The first-order valence-corrected chi connectivity index (χ1v) is 7.52. The molecule has 1 aliphatic heterocycles. The van der Waals surface area contributed by atoms with Crippen LogP contribution in [0.3, 0.4) is 0 Å². The van der Waals surface area contributed by atoms with Crippen molar-refractivity contribution in [3.63, 3.8) is 0 Å². The minimum atomic E-state index is 0.730. The van der Waals surface area contributed by atoms with Crippen molar-refractivity contribution >= 4 is 11.8 Å². The number of piperidine rings is 1. The predicted molar refractivity (Wildman–Crippen MR) is 70.7 cm³/mol. The minimum absolute atomic E-state index is 0.730. The van der Waals surface area contributed by atoms with Crippen LogP contribution in [0.1, 0.15) is 26.7 Å². The van der Waals surface area contributed by atoms with Crippen molar-refractivity contribution in [2.45, 2.75) is 38.8 Å². The van der Waals surface area contributed by atoms with Crippen LogP contribution in [0.25, 0.3) is 0 Å². The first-order chi connectivity index (χ1) is 7.22. The van der Waals surface area contributed by atoms with Gasteiger partial charge in [0.2, 0.25) is 0 Å². The summed E-state index contributed by atoms with van der Waals surface area (Å²) in [5, 5.41) is 3.43. The Hall–Kier alpha value is 0.270. The quantitative estimate of drug-likeness (QED) is 0.778. The van der Waals surface area contributed by atoms with E-state index in [-0.39, 0.29) is 0 Å². The molecule has 1 heterocycles. The van der Waals surface area contributed by atoms with Gasteiger partial charge in [-0.1, -0.05) is 13.8 Å². The van der Waals surface area contributed by atoms with Crippen LogP contribution in [0.5, 0.6) is 0 Å². The highest BCUT2D eigenvalue weighted by Gasteiger charge is 2.27. The number of hydrogen-bond acceptors (Lipinski definition) is 3. The summed E-state index contributed by atoms with van der Waals surface area (Å²) in [5.74, 6) is 2.08. The highest BCUT2D eigenvalue weighted by molar-refractivity contribution is 7.98. The van der Waals surface area contributed by atoms with E-state index in [4.69, 9.17) is 0 Å². The van der Waals surface area contributed by atoms with Gasteiger partial charge in [0.25, 0.3) is 0 Å². The van der Waals surface area contributed by atoms with E-state index < -0.39 is 0 Å². The monoisotopic (exact) mass is 230 g/mol. The third-order valence-electron chi connectivity index (χ3n) is 3.65. The van der Waals surface area contributed by atoms with E-state index in [0.29, 0.717) is 0 Å². The fraction of sp³-hybridized carbons (Fsp3) is 1.00. The van der Waals surface area contributed by atoms with Gasteiger partial charge in [0.15, 0.2) is 0 Å². The fourth-order valence-corrected chi connectivity index (χ4v) is 3.44. The number of hydrogen-bond donors (Lipinski definition) is 1. The number of nitrogens with zero attached hydrogens (tertiary/aromatic N) is 1. The van der Waals surface area contributed by atoms with Crippen molar-refractivity contribution in [2.24, 2.45) is 5.92 Å². The smallest absolute Gasteiger partial charge is 0.0183 e. The van der Waals surface area contributed by atoms with Gasteiger partial charge in [0.1, 0.15) is 0 Å². The Morgan fingerprint density at radius 3 is 2.73 bits per heavy atom. The molecule has 0 spiro atoms. The number of nitrogens with one attached hydrogen (secondary N) is 1. The SMILES string of the molecule is CCC(CSC)N1CCC(NC)C(C)C1. The summed E-state index contributed by atoms with van der Waals surface area (Å²) < 4.78 is 0. The normalized spacial score (nSPS) is 30.4. The Bertz CT molecular complexity index is 175. The molecule has 90 valence electrons. The molecular weight excluding hydrogens is 204 g/mol. The second-order valence-electron chi connectivity index (χ2n) is 4.67. The van der Waals surface area contributed by atoms with E-state index in [1.165, 1.54) is 31.7 Å². The zero-order valence-corrected chi connectivity index (χ0v) is 11.4. The van der Waals surface area contributed by atoms with Gasteiger partial charge >= 0.3 is 0 Å². The van der Waals surface area contributed by atoms with Gasteiger partial charge in [-0.2, -0.15) is 11.8 Å². The van der Waals surface area contributed by atoms with Gasteiger partial charge in [-0.05, 0) is 38.6 Å². The van der Waals surface area contributed by atoms with Crippen LogP contribution in [-0.4, -0.2) is 49.1 Å². The van der Waals surface area contributed by atoms with Gasteiger partial charge in [-0.15, -0.1) is 0 Å². The molecule has 0 amide bonds. The predicted octanol–water partition coefficient (Wildman–Crippen LogP) is 2.06. The van der Waals surface area contributed by atoms with E-state index in [2.05, 4.69) is 37.4 Å². The summed E-state index contributed by atoms with van der Waals surface area (Å²) in [7, 11) is 2.09. The molecule has 2 nitrogen and oxygen atoms in total. The Kier molecular flexibility index (Phi) is 6.02. The van der Waals surface area contributed by atoms with Crippen LogP contribution in [0.2, 0.25) is 0 Å². The number of likely N-dealkylation sites (tertiary alicyclic amines) is 1. The largest absolute Gasteiger partial charge is 0.317 e. The van der Waals surface area contributed by atoms with E-state index in [1.54, 1.807) is 0 Å². The van der Waals surface area contributed by atoms with Crippen molar-refractivity contribution in [2.75, 3.05) is 32.1 Å². The van der Waals surface area contributed by atoms with Gasteiger partial charge in [0.05, 0.1) is 0 Å². The van der Waals surface area contributed by atoms with Crippen LogP contribution < -0.4 is 5.32 Å². The second-order valence-corrected chi connectivity index (χ2v) is 5.58. The van der Waals surface area contributed by atoms with Crippen molar-refractivity contribution in [1.29, 1.82) is 0 Å². The molecule has 3 unspecified atom stereocenters. The lowest BCUT2D eigenvalue weighted by Gasteiger charge is -2.40. The summed E-state index contributed by atoms with van der Waals surface area (Å²) in [6.45, 7) is 7.23. The molecule has 0 bridgehead atoms. The maximum atomic E-state index is 3.43. The molecule has 3 heteroatoms. The van der Waals surface area contributed by atoms with Gasteiger partial charge in [-0.3, -0.25) is 4.90 Å². The van der Waals surface area contributed by atoms with Gasteiger partial charge in [0, 0.05) is 24.4 Å². The zero-order valence-electron chi connectivity index (χ0n) is 10.6. The maximum Gasteiger partial charge on any atom is 0.0183 e. The fourth-order valence-electron chi connectivity index (χ4n) is 2.61. The minimum Gasteiger partial charge on any atom is -0.317 e. The Labute approximate surface area is 99.2 Å². The van der Waals surface area contributed by atoms with E-state index in [0.717, 1.165) is 18.0 Å². The molecule has 0 aromatic rings. The third kappa shape index (κ3) is 3.65. The Morgan fingerprint density at radius 1 is 1.53 bits per heavy atom. The average Bonchev–Trinajstić information content (AvgIpc) is 2.25. The van der Waals surface area contributed by atoms with E-state index in [1.807, 2.05) is 11.8 Å². The summed E-state index contributed by atoms with van der Waals surface area (Å²) >= 11 is 1.98. The highest BCUT2D eigenvalue weighted by atomic mass is 32.2. The molecule has 0 saturated carbocycles. The molecule has 15 heavy (non-hydrogen) atoms. The molecule has 1 aliphatic rings. The molecule has 1 saturated heterocycles. The van der Waals surface area contributed by atoms with Gasteiger partial charge in [-0.25, -0.2) is 0 Å². The Morgan fingerprint density at radius 2 is 2.27 bits per heavy atom. The summed E-state index contributed by atoms with van der Waals surface area (Å²) in [4.78, 5) is 2.69. The lowest BCUT2D eigenvalue weighted by molar-refractivity contribution is 0.114. The van der Waals surface area contributed by atoms with Crippen molar-refractivity contribution < 1.29 is 0 Å². The first-order valence-electron chi connectivity index (χ1n) is 6.13. The first kappa shape index (κ1) is 13.3. The third-order valence-corrected chi connectivity index (χ3v) is 4.37. The van der Waals surface area contributed by atoms with Crippen LogP contribution in [0.4, 0.5) is 0 Å². The molecule has 0 radical (unpaired) electrons. The summed E-state index contributed by atoms with van der Waals surface area (Å²) in [6.07, 6.45) is 4.81. The maximum absolute atomic E-state index is 3.43. The average molecular weight is 230 g/mol. The summed E-state index contributed by atoms with van der Waals surface area (Å²) in [5.41, 5.74) is 0. The van der Waals surface area contributed by atoms with Crippen molar-refractivity contribution in [1.82, 2.24) is 10.2 Å².